The Labute approximate surface area is 75.8 Å². The van der Waals surface area contributed by atoms with Crippen molar-refractivity contribution >= 4 is 11.8 Å². The van der Waals surface area contributed by atoms with Gasteiger partial charge in [0.05, 0.1) is 6.07 Å². The van der Waals surface area contributed by atoms with E-state index in [2.05, 4.69) is 0 Å². The molecule has 1 N–H and O–H groups in total. The van der Waals surface area contributed by atoms with Crippen LogP contribution in [0.3, 0.4) is 0 Å². The highest BCUT2D eigenvalue weighted by atomic mass is 32.2. The topological polar surface area (TPSA) is 44.0 Å². The molecule has 0 fully saturated rings. The van der Waals surface area contributed by atoms with E-state index in [-0.39, 0.29) is 0 Å². The smallest absolute Gasteiger partial charge is 0.165 e. The summed E-state index contributed by atoms with van der Waals surface area (Å²) in [6.07, 6.45) is 0.983. The highest BCUT2D eigenvalue weighted by Crippen LogP contribution is 2.18. The van der Waals surface area contributed by atoms with Gasteiger partial charge in [0.25, 0.3) is 0 Å². The lowest BCUT2D eigenvalue weighted by atomic mass is 10.1. The number of rotatable bonds is 2. The third-order valence-electron chi connectivity index (χ3n) is 1.55. The monoisotopic (exact) mass is 179 g/mol. The number of benzene rings is 1. The molecule has 0 heterocycles. The van der Waals surface area contributed by atoms with E-state index in [1.165, 1.54) is 0 Å². The number of aliphatic hydroxyl groups excluding tert-OH is 1. The van der Waals surface area contributed by atoms with Crippen molar-refractivity contribution in [3.05, 3.63) is 29.8 Å². The second-order valence-electron chi connectivity index (χ2n) is 2.30. The van der Waals surface area contributed by atoms with Gasteiger partial charge in [-0.2, -0.15) is 5.26 Å². The maximum atomic E-state index is 9.12. The molecule has 1 aromatic rings. The summed E-state index contributed by atoms with van der Waals surface area (Å²) in [4.78, 5) is 1.13. The van der Waals surface area contributed by atoms with E-state index < -0.39 is 6.10 Å². The van der Waals surface area contributed by atoms with E-state index in [0.717, 1.165) is 4.90 Å². The number of hydrogen-bond donors (Lipinski definition) is 1. The van der Waals surface area contributed by atoms with Gasteiger partial charge in [-0.25, -0.2) is 0 Å². The Morgan fingerprint density at radius 2 is 2.00 bits per heavy atom. The van der Waals surface area contributed by atoms with Gasteiger partial charge in [-0.05, 0) is 24.0 Å². The van der Waals surface area contributed by atoms with Crippen LogP contribution >= 0.6 is 11.8 Å². The summed E-state index contributed by atoms with van der Waals surface area (Å²) >= 11 is 1.63. The molecule has 1 atom stereocenters. The molecule has 0 saturated carbocycles. The van der Waals surface area contributed by atoms with Gasteiger partial charge in [0.2, 0.25) is 0 Å². The van der Waals surface area contributed by atoms with Crippen molar-refractivity contribution in [2.45, 2.75) is 11.0 Å². The number of hydrogen-bond acceptors (Lipinski definition) is 3. The molecule has 2 nitrogen and oxygen atoms in total. The van der Waals surface area contributed by atoms with Crippen LogP contribution in [0.4, 0.5) is 0 Å². The van der Waals surface area contributed by atoms with Gasteiger partial charge in [-0.3, -0.25) is 0 Å². The lowest BCUT2D eigenvalue weighted by Crippen LogP contribution is -1.91. The van der Waals surface area contributed by atoms with Crippen molar-refractivity contribution in [2.75, 3.05) is 6.26 Å². The standard InChI is InChI=1S/C9H9NOS/c1-12-8-4-2-7(3-5-8)9(11)6-10/h2-5,9,11H,1H3. The summed E-state index contributed by atoms with van der Waals surface area (Å²) in [6, 6.07) is 9.07. The van der Waals surface area contributed by atoms with E-state index in [0.29, 0.717) is 5.56 Å². The van der Waals surface area contributed by atoms with Crippen LogP contribution in [-0.2, 0) is 0 Å². The summed E-state index contributed by atoms with van der Waals surface area (Å²) in [5.41, 5.74) is 0.648. The Kier molecular flexibility index (Phi) is 3.15. The maximum absolute atomic E-state index is 9.12. The Morgan fingerprint density at radius 1 is 1.42 bits per heavy atom. The minimum Gasteiger partial charge on any atom is -0.374 e. The molecular formula is C9H9NOS. The SMILES string of the molecule is CSc1ccc(C(O)C#N)cc1. The Bertz CT molecular complexity index is 288. The van der Waals surface area contributed by atoms with Crippen LogP contribution in [0, 0.1) is 11.3 Å². The van der Waals surface area contributed by atoms with Crippen molar-refractivity contribution in [1.82, 2.24) is 0 Å². The second-order valence-corrected chi connectivity index (χ2v) is 3.18. The van der Waals surface area contributed by atoms with E-state index in [1.807, 2.05) is 18.4 Å². The first-order valence-corrected chi connectivity index (χ1v) is 4.72. The lowest BCUT2D eigenvalue weighted by Gasteiger charge is -2.01. The molecule has 0 aliphatic carbocycles. The van der Waals surface area contributed by atoms with Gasteiger partial charge in [-0.1, -0.05) is 12.1 Å². The van der Waals surface area contributed by atoms with Crippen LogP contribution in [0.2, 0.25) is 0 Å². The first-order valence-electron chi connectivity index (χ1n) is 3.49. The molecule has 1 aromatic carbocycles. The second kappa shape index (κ2) is 4.15. The number of nitriles is 1. The van der Waals surface area contributed by atoms with Gasteiger partial charge < -0.3 is 5.11 Å². The molecule has 0 aromatic heterocycles. The molecule has 0 saturated heterocycles. The van der Waals surface area contributed by atoms with Crippen molar-refractivity contribution in [3.8, 4) is 6.07 Å². The van der Waals surface area contributed by atoms with Crippen molar-refractivity contribution in [2.24, 2.45) is 0 Å². The van der Waals surface area contributed by atoms with Crippen molar-refractivity contribution in [3.63, 3.8) is 0 Å². The van der Waals surface area contributed by atoms with Crippen LogP contribution in [0.15, 0.2) is 29.2 Å². The summed E-state index contributed by atoms with van der Waals surface area (Å²) < 4.78 is 0. The largest absolute Gasteiger partial charge is 0.374 e. The summed E-state index contributed by atoms with van der Waals surface area (Å²) in [5.74, 6) is 0. The first-order chi connectivity index (χ1) is 5.77. The quantitative estimate of drug-likeness (QED) is 0.557. The zero-order valence-corrected chi connectivity index (χ0v) is 7.51. The fraction of sp³-hybridized carbons (Fsp3) is 0.222. The molecule has 0 amide bonds. The van der Waals surface area contributed by atoms with Crippen molar-refractivity contribution < 1.29 is 5.11 Å². The average Bonchev–Trinajstić information content (AvgIpc) is 2.17. The van der Waals surface area contributed by atoms with Gasteiger partial charge in [0.1, 0.15) is 0 Å². The molecule has 1 rings (SSSR count). The Morgan fingerprint density at radius 3 is 2.42 bits per heavy atom. The molecular weight excluding hydrogens is 170 g/mol. The highest BCUT2D eigenvalue weighted by molar-refractivity contribution is 7.98. The zero-order chi connectivity index (χ0) is 8.97. The third kappa shape index (κ3) is 2.00. The van der Waals surface area contributed by atoms with Crippen LogP contribution in [0.1, 0.15) is 11.7 Å². The van der Waals surface area contributed by atoms with Gasteiger partial charge in [0, 0.05) is 4.90 Å². The van der Waals surface area contributed by atoms with E-state index in [1.54, 1.807) is 30.0 Å². The van der Waals surface area contributed by atoms with Gasteiger partial charge in [0.15, 0.2) is 6.10 Å². The Hall–Kier alpha value is -0.980. The minimum absolute atomic E-state index is 0.648. The van der Waals surface area contributed by atoms with Crippen LogP contribution in [0.25, 0.3) is 0 Å². The lowest BCUT2D eigenvalue weighted by molar-refractivity contribution is 0.236. The molecule has 12 heavy (non-hydrogen) atoms. The fourth-order valence-corrected chi connectivity index (χ4v) is 1.27. The molecule has 0 bridgehead atoms. The highest BCUT2D eigenvalue weighted by Gasteiger charge is 2.03. The van der Waals surface area contributed by atoms with E-state index in [4.69, 9.17) is 10.4 Å². The Balaban J connectivity index is 2.86. The van der Waals surface area contributed by atoms with E-state index in [9.17, 15) is 0 Å². The average molecular weight is 179 g/mol. The molecule has 0 aliphatic heterocycles. The van der Waals surface area contributed by atoms with Crippen molar-refractivity contribution in [1.29, 1.82) is 5.26 Å². The molecule has 3 heteroatoms. The summed E-state index contributed by atoms with van der Waals surface area (Å²) in [5, 5.41) is 17.5. The first kappa shape index (κ1) is 9.11. The third-order valence-corrected chi connectivity index (χ3v) is 2.30. The minimum atomic E-state index is -0.999. The van der Waals surface area contributed by atoms with Gasteiger partial charge in [-0.15, -0.1) is 11.8 Å². The number of nitrogens with zero attached hydrogens (tertiary/aromatic N) is 1. The normalized spacial score (nSPS) is 12.1. The predicted octanol–water partition coefficient (Wildman–Crippen LogP) is 1.97. The number of thioether (sulfide) groups is 1. The summed E-state index contributed by atoms with van der Waals surface area (Å²) in [6.45, 7) is 0. The van der Waals surface area contributed by atoms with Crippen LogP contribution in [-0.4, -0.2) is 11.4 Å². The molecule has 0 aliphatic rings. The van der Waals surface area contributed by atoms with Crippen LogP contribution in [0.5, 0.6) is 0 Å². The zero-order valence-electron chi connectivity index (χ0n) is 6.69. The molecule has 0 radical (unpaired) electrons. The maximum Gasteiger partial charge on any atom is 0.165 e. The predicted molar refractivity (Wildman–Crippen MR) is 48.8 cm³/mol. The van der Waals surface area contributed by atoms with Gasteiger partial charge >= 0.3 is 0 Å². The molecule has 0 spiro atoms. The molecule has 62 valence electrons. The molecule has 1 unspecified atom stereocenters. The number of aliphatic hydroxyl groups is 1. The van der Waals surface area contributed by atoms with E-state index >= 15 is 0 Å². The summed E-state index contributed by atoms with van der Waals surface area (Å²) in [7, 11) is 0. The van der Waals surface area contributed by atoms with Crippen LogP contribution < -0.4 is 0 Å². The fourth-order valence-electron chi connectivity index (χ4n) is 0.861.